The highest BCUT2D eigenvalue weighted by molar-refractivity contribution is 5.55. The lowest BCUT2D eigenvalue weighted by molar-refractivity contribution is 0.318. The molecule has 0 spiro atoms. The molecule has 2 nitrogen and oxygen atoms in total. The van der Waals surface area contributed by atoms with Crippen LogP contribution in [0.4, 0.5) is 0 Å². The predicted octanol–water partition coefficient (Wildman–Crippen LogP) is 4.05. The molecule has 0 amide bonds. The fourth-order valence-electron chi connectivity index (χ4n) is 1.85. The van der Waals surface area contributed by atoms with E-state index in [1.54, 1.807) is 6.07 Å². The summed E-state index contributed by atoms with van der Waals surface area (Å²) in [7, 11) is 0. The Morgan fingerprint density at radius 3 is 2.63 bits per heavy atom. The molecular weight excluding hydrogens is 236 g/mol. The fraction of sp³-hybridized carbons (Fsp3) is 0.176. The SMILES string of the molecule is CCOc1cc(/C=C/Cc2ccccc2)ccc1O. The lowest BCUT2D eigenvalue weighted by atomic mass is 10.1. The minimum atomic E-state index is 0.182. The van der Waals surface area contributed by atoms with Crippen LogP contribution in [-0.4, -0.2) is 11.7 Å². The molecule has 0 saturated carbocycles. The largest absolute Gasteiger partial charge is 0.504 e. The summed E-state index contributed by atoms with van der Waals surface area (Å²) in [6.45, 7) is 2.45. The topological polar surface area (TPSA) is 29.5 Å². The molecule has 0 aromatic heterocycles. The Labute approximate surface area is 114 Å². The van der Waals surface area contributed by atoms with E-state index < -0.39 is 0 Å². The first kappa shape index (κ1) is 13.2. The summed E-state index contributed by atoms with van der Waals surface area (Å²) in [5.41, 5.74) is 2.31. The molecule has 0 aliphatic heterocycles. The summed E-state index contributed by atoms with van der Waals surface area (Å²) in [4.78, 5) is 0. The summed E-state index contributed by atoms with van der Waals surface area (Å²) in [6.07, 6.45) is 5.04. The normalized spacial score (nSPS) is 10.8. The van der Waals surface area contributed by atoms with Gasteiger partial charge in [-0.1, -0.05) is 48.6 Å². The number of phenols is 1. The van der Waals surface area contributed by atoms with Crippen LogP contribution in [-0.2, 0) is 6.42 Å². The Morgan fingerprint density at radius 2 is 1.89 bits per heavy atom. The summed E-state index contributed by atoms with van der Waals surface area (Å²) in [5.74, 6) is 0.714. The minimum absolute atomic E-state index is 0.182. The molecule has 2 heteroatoms. The maximum Gasteiger partial charge on any atom is 0.161 e. The van der Waals surface area contributed by atoms with E-state index in [1.807, 2.05) is 43.3 Å². The second kappa shape index (κ2) is 6.64. The number of ether oxygens (including phenoxy) is 1. The van der Waals surface area contributed by atoms with E-state index in [2.05, 4.69) is 18.2 Å². The molecule has 0 unspecified atom stereocenters. The maximum atomic E-state index is 9.62. The van der Waals surface area contributed by atoms with Crippen LogP contribution in [0.25, 0.3) is 6.08 Å². The van der Waals surface area contributed by atoms with Crippen molar-refractivity contribution in [3.05, 3.63) is 65.7 Å². The third kappa shape index (κ3) is 3.88. The average molecular weight is 254 g/mol. The van der Waals surface area contributed by atoms with Gasteiger partial charge in [-0.25, -0.2) is 0 Å². The van der Waals surface area contributed by atoms with E-state index in [-0.39, 0.29) is 5.75 Å². The van der Waals surface area contributed by atoms with Crippen molar-refractivity contribution in [2.75, 3.05) is 6.61 Å². The van der Waals surface area contributed by atoms with E-state index >= 15 is 0 Å². The fourth-order valence-corrected chi connectivity index (χ4v) is 1.85. The summed E-state index contributed by atoms with van der Waals surface area (Å²) >= 11 is 0. The molecule has 0 bridgehead atoms. The quantitative estimate of drug-likeness (QED) is 0.872. The molecule has 98 valence electrons. The highest BCUT2D eigenvalue weighted by Crippen LogP contribution is 2.27. The number of aromatic hydroxyl groups is 1. The summed E-state index contributed by atoms with van der Waals surface area (Å²) in [5, 5.41) is 9.62. The van der Waals surface area contributed by atoms with Gasteiger partial charge in [0, 0.05) is 0 Å². The van der Waals surface area contributed by atoms with Gasteiger partial charge in [0.15, 0.2) is 11.5 Å². The van der Waals surface area contributed by atoms with E-state index in [9.17, 15) is 5.11 Å². The van der Waals surface area contributed by atoms with Crippen LogP contribution in [0.1, 0.15) is 18.1 Å². The van der Waals surface area contributed by atoms with Gasteiger partial charge in [0.05, 0.1) is 6.61 Å². The molecule has 0 aliphatic rings. The Morgan fingerprint density at radius 1 is 1.11 bits per heavy atom. The molecule has 0 aliphatic carbocycles. The van der Waals surface area contributed by atoms with Crippen LogP contribution in [0.15, 0.2) is 54.6 Å². The van der Waals surface area contributed by atoms with E-state index in [1.165, 1.54) is 5.56 Å². The van der Waals surface area contributed by atoms with Gasteiger partial charge in [-0.2, -0.15) is 0 Å². The maximum absolute atomic E-state index is 9.62. The van der Waals surface area contributed by atoms with Crippen molar-refractivity contribution in [1.29, 1.82) is 0 Å². The van der Waals surface area contributed by atoms with Crippen LogP contribution < -0.4 is 4.74 Å². The van der Waals surface area contributed by atoms with Crippen LogP contribution in [0.5, 0.6) is 11.5 Å². The molecule has 19 heavy (non-hydrogen) atoms. The molecule has 1 N–H and O–H groups in total. The highest BCUT2D eigenvalue weighted by atomic mass is 16.5. The average Bonchev–Trinajstić information content (AvgIpc) is 2.44. The Hall–Kier alpha value is -2.22. The molecular formula is C17H18O2. The molecule has 0 radical (unpaired) electrons. The third-order valence-electron chi connectivity index (χ3n) is 2.79. The number of phenolic OH excluding ortho intramolecular Hbond substituents is 1. The summed E-state index contributed by atoms with van der Waals surface area (Å²) < 4.78 is 5.36. The van der Waals surface area contributed by atoms with E-state index in [4.69, 9.17) is 4.74 Å². The predicted molar refractivity (Wildman–Crippen MR) is 78.5 cm³/mol. The van der Waals surface area contributed by atoms with Crippen molar-refractivity contribution in [2.24, 2.45) is 0 Å². The van der Waals surface area contributed by atoms with Crippen LogP contribution in [0.3, 0.4) is 0 Å². The second-order valence-electron chi connectivity index (χ2n) is 4.25. The standard InChI is InChI=1S/C17H18O2/c1-2-19-17-13-15(11-12-16(17)18)10-6-9-14-7-4-3-5-8-14/h3-8,10-13,18H,2,9H2,1H3/b10-6+. The van der Waals surface area contributed by atoms with Crippen molar-refractivity contribution in [2.45, 2.75) is 13.3 Å². The third-order valence-corrected chi connectivity index (χ3v) is 2.79. The molecule has 2 aromatic rings. The first-order chi connectivity index (χ1) is 9.29. The molecule has 0 fully saturated rings. The number of allylic oxidation sites excluding steroid dienone is 1. The zero-order valence-electron chi connectivity index (χ0n) is 11.0. The molecule has 0 saturated heterocycles. The zero-order valence-corrected chi connectivity index (χ0v) is 11.0. The van der Waals surface area contributed by atoms with Gasteiger partial charge in [-0.3, -0.25) is 0 Å². The monoisotopic (exact) mass is 254 g/mol. The lowest BCUT2D eigenvalue weighted by Gasteiger charge is -2.06. The molecule has 0 atom stereocenters. The Bertz CT molecular complexity index is 544. The zero-order chi connectivity index (χ0) is 13.5. The van der Waals surface area contributed by atoms with Crippen molar-refractivity contribution in [3.8, 4) is 11.5 Å². The second-order valence-corrected chi connectivity index (χ2v) is 4.25. The van der Waals surface area contributed by atoms with Crippen molar-refractivity contribution >= 4 is 6.08 Å². The van der Waals surface area contributed by atoms with Gasteiger partial charge in [0.25, 0.3) is 0 Å². The number of rotatable bonds is 5. The molecule has 2 rings (SSSR count). The van der Waals surface area contributed by atoms with E-state index in [0.29, 0.717) is 12.4 Å². The smallest absolute Gasteiger partial charge is 0.161 e. The number of benzene rings is 2. The molecule has 0 heterocycles. The van der Waals surface area contributed by atoms with Crippen LogP contribution >= 0.6 is 0 Å². The Kier molecular flexibility index (Phi) is 4.62. The number of hydrogen-bond donors (Lipinski definition) is 1. The van der Waals surface area contributed by atoms with Crippen LogP contribution in [0, 0.1) is 0 Å². The van der Waals surface area contributed by atoms with Gasteiger partial charge < -0.3 is 9.84 Å². The van der Waals surface area contributed by atoms with Gasteiger partial charge in [-0.15, -0.1) is 0 Å². The minimum Gasteiger partial charge on any atom is -0.504 e. The Balaban J connectivity index is 2.04. The van der Waals surface area contributed by atoms with Crippen molar-refractivity contribution < 1.29 is 9.84 Å². The highest BCUT2D eigenvalue weighted by Gasteiger charge is 2.01. The first-order valence-electron chi connectivity index (χ1n) is 6.46. The van der Waals surface area contributed by atoms with Crippen molar-refractivity contribution in [1.82, 2.24) is 0 Å². The molecule has 2 aromatic carbocycles. The number of hydrogen-bond acceptors (Lipinski definition) is 2. The van der Waals surface area contributed by atoms with Crippen molar-refractivity contribution in [3.63, 3.8) is 0 Å². The van der Waals surface area contributed by atoms with Gasteiger partial charge in [0.1, 0.15) is 0 Å². The van der Waals surface area contributed by atoms with Crippen LogP contribution in [0.2, 0.25) is 0 Å². The lowest BCUT2D eigenvalue weighted by Crippen LogP contribution is -1.92. The van der Waals surface area contributed by atoms with Gasteiger partial charge in [-0.05, 0) is 36.6 Å². The van der Waals surface area contributed by atoms with Gasteiger partial charge in [0.2, 0.25) is 0 Å². The summed E-state index contributed by atoms with van der Waals surface area (Å²) in [6, 6.07) is 15.7. The van der Waals surface area contributed by atoms with E-state index in [0.717, 1.165) is 12.0 Å². The first-order valence-corrected chi connectivity index (χ1v) is 6.46. The van der Waals surface area contributed by atoms with Gasteiger partial charge >= 0.3 is 0 Å².